The molecule has 1 aliphatic heterocycles. The minimum absolute atomic E-state index is 0. The standard InChI is InChI=1S/C19H29N5S2.HI/c1-14-15(2)26-18(23-14)12-22-19(20-3)21-11-16-6-8-24(9-7-16)13-17-5-4-10-25-17;/h4-5,10,16H,6-9,11-13H2,1-3H3,(H2,20,21,22);1H. The summed E-state index contributed by atoms with van der Waals surface area (Å²) >= 11 is 3.61. The van der Waals surface area contributed by atoms with Crippen molar-refractivity contribution in [2.45, 2.75) is 39.8 Å². The lowest BCUT2D eigenvalue weighted by Gasteiger charge is -2.32. The molecule has 2 aromatic heterocycles. The van der Waals surface area contributed by atoms with Crippen LogP contribution in [0.1, 0.15) is 33.3 Å². The van der Waals surface area contributed by atoms with E-state index < -0.39 is 0 Å². The fraction of sp³-hybridized carbons (Fsp3) is 0.579. The van der Waals surface area contributed by atoms with Gasteiger partial charge in [-0.2, -0.15) is 0 Å². The average Bonchev–Trinajstić information content (AvgIpc) is 3.26. The lowest BCUT2D eigenvalue weighted by molar-refractivity contribution is 0.179. The Morgan fingerprint density at radius 1 is 1.30 bits per heavy atom. The first kappa shape index (κ1) is 22.6. The second-order valence-electron chi connectivity index (χ2n) is 6.85. The number of likely N-dealkylation sites (tertiary alicyclic amines) is 1. The molecule has 0 unspecified atom stereocenters. The summed E-state index contributed by atoms with van der Waals surface area (Å²) in [6, 6.07) is 4.38. The Hall–Kier alpha value is -0.710. The normalized spacial score (nSPS) is 16.2. The van der Waals surface area contributed by atoms with Gasteiger partial charge < -0.3 is 10.6 Å². The first-order valence-corrected chi connectivity index (χ1v) is 11.0. The van der Waals surface area contributed by atoms with Crippen LogP contribution in [0, 0.1) is 19.8 Å². The van der Waals surface area contributed by atoms with Gasteiger partial charge in [0.05, 0.1) is 12.2 Å². The maximum absolute atomic E-state index is 4.57. The van der Waals surface area contributed by atoms with Crippen LogP contribution in [0.5, 0.6) is 0 Å². The highest BCUT2D eigenvalue weighted by Crippen LogP contribution is 2.20. The minimum Gasteiger partial charge on any atom is -0.356 e. The number of rotatable bonds is 6. The molecule has 0 bridgehead atoms. The molecular formula is C19H30IN5S2. The van der Waals surface area contributed by atoms with E-state index in [1.54, 1.807) is 11.3 Å². The van der Waals surface area contributed by atoms with Crippen molar-refractivity contribution in [3.8, 4) is 0 Å². The third-order valence-electron chi connectivity index (χ3n) is 4.93. The molecule has 1 saturated heterocycles. The van der Waals surface area contributed by atoms with Crippen molar-refractivity contribution in [2.24, 2.45) is 10.9 Å². The van der Waals surface area contributed by atoms with Crippen LogP contribution in [0.25, 0.3) is 0 Å². The predicted octanol–water partition coefficient (Wildman–Crippen LogP) is 4.02. The number of piperidine rings is 1. The summed E-state index contributed by atoms with van der Waals surface area (Å²) in [5, 5.41) is 10.2. The SMILES string of the molecule is CN=C(NCc1nc(C)c(C)s1)NCC1CCN(Cc2cccs2)CC1.I. The van der Waals surface area contributed by atoms with Crippen molar-refractivity contribution in [1.82, 2.24) is 20.5 Å². The Morgan fingerprint density at radius 3 is 2.67 bits per heavy atom. The third-order valence-corrected chi connectivity index (χ3v) is 6.86. The fourth-order valence-corrected chi connectivity index (χ4v) is 4.83. The van der Waals surface area contributed by atoms with Crippen molar-refractivity contribution >= 4 is 52.6 Å². The zero-order valence-electron chi connectivity index (χ0n) is 16.3. The van der Waals surface area contributed by atoms with Crippen LogP contribution in [0.15, 0.2) is 22.5 Å². The molecule has 8 heteroatoms. The molecule has 0 spiro atoms. The van der Waals surface area contributed by atoms with Gasteiger partial charge in [-0.05, 0) is 57.1 Å². The summed E-state index contributed by atoms with van der Waals surface area (Å²) in [4.78, 5) is 14.3. The molecule has 0 amide bonds. The Balaban J connectivity index is 0.00000261. The van der Waals surface area contributed by atoms with Gasteiger partial charge in [0.2, 0.25) is 0 Å². The van der Waals surface area contributed by atoms with E-state index in [2.05, 4.69) is 56.9 Å². The van der Waals surface area contributed by atoms with E-state index >= 15 is 0 Å². The van der Waals surface area contributed by atoms with Crippen molar-refractivity contribution in [2.75, 3.05) is 26.7 Å². The molecule has 0 radical (unpaired) electrons. The highest BCUT2D eigenvalue weighted by Gasteiger charge is 2.19. The first-order chi connectivity index (χ1) is 12.6. The monoisotopic (exact) mass is 519 g/mol. The summed E-state index contributed by atoms with van der Waals surface area (Å²) in [5.74, 6) is 1.59. The molecule has 0 saturated carbocycles. The van der Waals surface area contributed by atoms with Crippen LogP contribution < -0.4 is 10.6 Å². The smallest absolute Gasteiger partial charge is 0.191 e. The van der Waals surface area contributed by atoms with Gasteiger partial charge in [-0.3, -0.25) is 9.89 Å². The molecule has 0 atom stereocenters. The number of halogens is 1. The van der Waals surface area contributed by atoms with Gasteiger partial charge >= 0.3 is 0 Å². The largest absolute Gasteiger partial charge is 0.356 e. The van der Waals surface area contributed by atoms with E-state index in [1.165, 1.54) is 35.7 Å². The number of aliphatic imine (C=N–C) groups is 1. The number of aromatic nitrogens is 1. The number of hydrogen-bond donors (Lipinski definition) is 2. The number of nitrogens with zero attached hydrogens (tertiary/aromatic N) is 3. The molecule has 1 fully saturated rings. The fourth-order valence-electron chi connectivity index (χ4n) is 3.21. The molecule has 5 nitrogen and oxygen atoms in total. The van der Waals surface area contributed by atoms with E-state index in [0.29, 0.717) is 0 Å². The minimum atomic E-state index is 0. The number of thiophene rings is 1. The van der Waals surface area contributed by atoms with Crippen LogP contribution in [-0.2, 0) is 13.1 Å². The second-order valence-corrected chi connectivity index (χ2v) is 9.17. The van der Waals surface area contributed by atoms with Crippen LogP contribution in [-0.4, -0.2) is 42.5 Å². The summed E-state index contributed by atoms with van der Waals surface area (Å²) in [6.07, 6.45) is 2.50. The second kappa shape index (κ2) is 11.3. The maximum Gasteiger partial charge on any atom is 0.191 e. The van der Waals surface area contributed by atoms with E-state index in [9.17, 15) is 0 Å². The maximum atomic E-state index is 4.57. The molecule has 2 N–H and O–H groups in total. The molecule has 3 rings (SSSR count). The number of hydrogen-bond acceptors (Lipinski definition) is 5. The number of thiazole rings is 1. The van der Waals surface area contributed by atoms with E-state index in [-0.39, 0.29) is 24.0 Å². The van der Waals surface area contributed by atoms with E-state index in [1.807, 2.05) is 18.4 Å². The summed E-state index contributed by atoms with van der Waals surface area (Å²) in [6.45, 7) is 9.39. The molecule has 0 aromatic carbocycles. The Kier molecular flexibility index (Phi) is 9.47. The average molecular weight is 520 g/mol. The van der Waals surface area contributed by atoms with Crippen molar-refractivity contribution in [1.29, 1.82) is 0 Å². The van der Waals surface area contributed by atoms with Gasteiger partial charge in [0.1, 0.15) is 5.01 Å². The number of guanidine groups is 1. The lowest BCUT2D eigenvalue weighted by Crippen LogP contribution is -2.42. The quantitative estimate of drug-likeness (QED) is 0.344. The zero-order valence-corrected chi connectivity index (χ0v) is 20.3. The summed E-state index contributed by atoms with van der Waals surface area (Å²) in [5.41, 5.74) is 1.13. The molecule has 150 valence electrons. The Bertz CT molecular complexity index is 686. The highest BCUT2D eigenvalue weighted by atomic mass is 127. The Morgan fingerprint density at radius 2 is 2.07 bits per heavy atom. The summed E-state index contributed by atoms with van der Waals surface area (Å²) in [7, 11) is 1.83. The molecule has 27 heavy (non-hydrogen) atoms. The molecule has 3 heterocycles. The number of aryl methyl sites for hydroxylation is 2. The van der Waals surface area contributed by atoms with Crippen LogP contribution in [0.3, 0.4) is 0 Å². The predicted molar refractivity (Wildman–Crippen MR) is 128 cm³/mol. The van der Waals surface area contributed by atoms with Crippen LogP contribution in [0.4, 0.5) is 0 Å². The summed E-state index contributed by atoms with van der Waals surface area (Å²) < 4.78 is 0. The first-order valence-electron chi connectivity index (χ1n) is 9.26. The van der Waals surface area contributed by atoms with Crippen molar-refractivity contribution < 1.29 is 0 Å². The van der Waals surface area contributed by atoms with Gasteiger partial charge in [-0.25, -0.2) is 4.98 Å². The van der Waals surface area contributed by atoms with Crippen molar-refractivity contribution in [3.05, 3.63) is 38.0 Å². The van der Waals surface area contributed by atoms with Gasteiger partial charge in [0.25, 0.3) is 0 Å². The topological polar surface area (TPSA) is 52.6 Å². The third kappa shape index (κ3) is 6.99. The van der Waals surface area contributed by atoms with Gasteiger partial charge in [-0.1, -0.05) is 6.07 Å². The lowest BCUT2D eigenvalue weighted by atomic mass is 9.97. The van der Waals surface area contributed by atoms with Gasteiger partial charge in [-0.15, -0.1) is 46.7 Å². The molecular weight excluding hydrogens is 489 g/mol. The number of nitrogens with one attached hydrogen (secondary N) is 2. The Labute approximate surface area is 187 Å². The van der Waals surface area contributed by atoms with Gasteiger partial charge in [0.15, 0.2) is 5.96 Å². The molecule has 0 aliphatic carbocycles. The van der Waals surface area contributed by atoms with Crippen molar-refractivity contribution in [3.63, 3.8) is 0 Å². The van der Waals surface area contributed by atoms with Gasteiger partial charge in [0, 0.05) is 29.9 Å². The van der Waals surface area contributed by atoms with E-state index in [4.69, 9.17) is 0 Å². The highest BCUT2D eigenvalue weighted by molar-refractivity contribution is 14.0. The van der Waals surface area contributed by atoms with Crippen LogP contribution in [0.2, 0.25) is 0 Å². The van der Waals surface area contributed by atoms with Crippen LogP contribution >= 0.6 is 46.7 Å². The molecule has 1 aliphatic rings. The molecule has 2 aromatic rings. The van der Waals surface area contributed by atoms with E-state index in [0.717, 1.165) is 42.2 Å². The zero-order chi connectivity index (χ0) is 18.4.